The van der Waals surface area contributed by atoms with Crippen LogP contribution in [0.5, 0.6) is 0 Å². The Morgan fingerprint density at radius 2 is 1.96 bits per heavy atom. The molecule has 0 radical (unpaired) electrons. The van der Waals surface area contributed by atoms with Crippen LogP contribution in [0.4, 0.5) is 5.69 Å². The maximum atomic E-state index is 12.5. The van der Waals surface area contributed by atoms with Crippen LogP contribution >= 0.6 is 27.7 Å². The monoisotopic (exact) mass is 437 g/mol. The summed E-state index contributed by atoms with van der Waals surface area (Å²) in [5, 5.41) is 3.96. The predicted molar refractivity (Wildman–Crippen MR) is 110 cm³/mol. The van der Waals surface area contributed by atoms with Crippen LogP contribution in [-0.4, -0.2) is 47.9 Å². The summed E-state index contributed by atoms with van der Waals surface area (Å²) >= 11 is 5.23. The largest absolute Gasteiger partial charge is 0.368 e. The van der Waals surface area contributed by atoms with Gasteiger partial charge in [0.15, 0.2) is 0 Å². The van der Waals surface area contributed by atoms with Crippen molar-refractivity contribution in [1.82, 2.24) is 10.1 Å². The number of thioether (sulfide) groups is 1. The molecule has 1 aromatic heterocycles. The van der Waals surface area contributed by atoms with Gasteiger partial charge in [-0.05, 0) is 38.5 Å². The lowest BCUT2D eigenvalue weighted by Gasteiger charge is -2.37. The molecule has 2 heterocycles. The number of halogens is 1. The summed E-state index contributed by atoms with van der Waals surface area (Å²) < 4.78 is 6.30. The van der Waals surface area contributed by atoms with Crippen molar-refractivity contribution in [3.63, 3.8) is 0 Å². The number of anilines is 1. The van der Waals surface area contributed by atoms with Gasteiger partial charge in [-0.1, -0.05) is 27.2 Å². The van der Waals surface area contributed by atoms with E-state index in [1.807, 2.05) is 18.7 Å². The van der Waals surface area contributed by atoms with E-state index < -0.39 is 0 Å². The van der Waals surface area contributed by atoms with Crippen LogP contribution in [0.1, 0.15) is 22.6 Å². The van der Waals surface area contributed by atoms with Gasteiger partial charge in [-0.25, -0.2) is 0 Å². The van der Waals surface area contributed by atoms with Gasteiger partial charge in [0.25, 0.3) is 0 Å². The standard InChI is InChI=1S/C19H24BrN3O2S/c1-13-17(20)5-4-6-18(13)22-7-9-23(10-8-22)19(24)12-26-11-16-14(2)21-25-15(16)3/h4-6H,7-12H2,1-3H3. The average molecular weight is 438 g/mol. The molecule has 3 rings (SSSR count). The molecule has 0 unspecified atom stereocenters. The highest BCUT2D eigenvalue weighted by Crippen LogP contribution is 2.27. The molecule has 2 aromatic rings. The molecule has 0 atom stereocenters. The Balaban J connectivity index is 1.48. The first kappa shape index (κ1) is 19.3. The SMILES string of the molecule is Cc1noc(C)c1CSCC(=O)N1CCN(c2cccc(Br)c2C)CC1. The van der Waals surface area contributed by atoms with Crippen LogP contribution in [-0.2, 0) is 10.5 Å². The minimum atomic E-state index is 0.215. The van der Waals surface area contributed by atoms with E-state index >= 15 is 0 Å². The highest BCUT2D eigenvalue weighted by atomic mass is 79.9. The summed E-state index contributed by atoms with van der Waals surface area (Å²) in [6, 6.07) is 6.28. The first-order chi connectivity index (χ1) is 12.5. The highest BCUT2D eigenvalue weighted by molar-refractivity contribution is 9.10. The quantitative estimate of drug-likeness (QED) is 0.708. The Kier molecular flexibility index (Phi) is 6.29. The summed E-state index contributed by atoms with van der Waals surface area (Å²) in [6.45, 7) is 9.28. The number of carbonyl (C=O) groups is 1. The van der Waals surface area contributed by atoms with Crippen LogP contribution in [0.15, 0.2) is 27.2 Å². The second-order valence-corrected chi connectivity index (χ2v) is 8.39. The summed E-state index contributed by atoms with van der Waals surface area (Å²) in [7, 11) is 0. The lowest BCUT2D eigenvalue weighted by Crippen LogP contribution is -2.49. The number of nitrogens with zero attached hydrogens (tertiary/aromatic N) is 3. The van der Waals surface area contributed by atoms with Gasteiger partial charge in [-0.15, -0.1) is 11.8 Å². The Morgan fingerprint density at radius 1 is 1.23 bits per heavy atom. The van der Waals surface area contributed by atoms with Crippen molar-refractivity contribution in [3.05, 3.63) is 45.3 Å². The van der Waals surface area contributed by atoms with Crippen LogP contribution in [0.25, 0.3) is 0 Å². The lowest BCUT2D eigenvalue weighted by atomic mass is 10.1. The van der Waals surface area contributed by atoms with Gasteiger partial charge in [0.05, 0.1) is 11.4 Å². The molecule has 5 nitrogen and oxygen atoms in total. The maximum Gasteiger partial charge on any atom is 0.232 e. The Hall–Kier alpha value is -1.47. The van der Waals surface area contributed by atoms with E-state index in [0.717, 1.165) is 53.4 Å². The molecule has 140 valence electrons. The minimum Gasteiger partial charge on any atom is -0.368 e. The molecule has 1 amide bonds. The van der Waals surface area contributed by atoms with Gasteiger partial charge in [-0.3, -0.25) is 4.79 Å². The van der Waals surface area contributed by atoms with E-state index in [1.165, 1.54) is 11.3 Å². The van der Waals surface area contributed by atoms with Crippen LogP contribution in [0, 0.1) is 20.8 Å². The fourth-order valence-electron chi connectivity index (χ4n) is 3.18. The lowest BCUT2D eigenvalue weighted by molar-refractivity contribution is -0.128. The molecule has 1 aliphatic rings. The van der Waals surface area contributed by atoms with Crippen LogP contribution < -0.4 is 4.90 Å². The molecule has 1 aliphatic heterocycles. The normalized spacial score (nSPS) is 14.8. The zero-order valence-corrected chi connectivity index (χ0v) is 17.8. The topological polar surface area (TPSA) is 49.6 Å². The van der Waals surface area contributed by atoms with Crippen LogP contribution in [0.3, 0.4) is 0 Å². The van der Waals surface area contributed by atoms with Crippen molar-refractivity contribution in [2.75, 3.05) is 36.8 Å². The van der Waals surface area contributed by atoms with E-state index in [1.54, 1.807) is 11.8 Å². The Bertz CT molecular complexity index is 766. The molecule has 26 heavy (non-hydrogen) atoms. The van der Waals surface area contributed by atoms with E-state index in [9.17, 15) is 4.79 Å². The van der Waals surface area contributed by atoms with Crippen molar-refractivity contribution in [2.24, 2.45) is 0 Å². The molecule has 0 aliphatic carbocycles. The molecular weight excluding hydrogens is 414 g/mol. The first-order valence-electron chi connectivity index (χ1n) is 8.74. The number of hydrogen-bond donors (Lipinski definition) is 0. The average Bonchev–Trinajstić information content (AvgIpc) is 2.96. The molecule has 1 saturated heterocycles. The third-order valence-corrected chi connectivity index (χ3v) is 6.67. The van der Waals surface area contributed by atoms with E-state index in [2.05, 4.69) is 51.1 Å². The van der Waals surface area contributed by atoms with Crippen molar-refractivity contribution in [1.29, 1.82) is 0 Å². The van der Waals surface area contributed by atoms with E-state index in [-0.39, 0.29) is 5.91 Å². The molecule has 0 bridgehead atoms. The molecule has 0 saturated carbocycles. The zero-order valence-electron chi connectivity index (χ0n) is 15.4. The third kappa shape index (κ3) is 4.26. The molecular formula is C19H24BrN3O2S. The van der Waals surface area contributed by atoms with Gasteiger partial charge in [0.1, 0.15) is 5.76 Å². The molecule has 1 aromatic carbocycles. The summed E-state index contributed by atoms with van der Waals surface area (Å²) in [6.07, 6.45) is 0. The van der Waals surface area contributed by atoms with Crippen molar-refractivity contribution >= 4 is 39.3 Å². The van der Waals surface area contributed by atoms with E-state index in [4.69, 9.17) is 4.52 Å². The van der Waals surface area contributed by atoms with Gasteiger partial charge < -0.3 is 14.3 Å². The number of aromatic nitrogens is 1. The smallest absolute Gasteiger partial charge is 0.232 e. The molecule has 0 N–H and O–H groups in total. The zero-order chi connectivity index (χ0) is 18.7. The number of amides is 1. The maximum absolute atomic E-state index is 12.5. The predicted octanol–water partition coefficient (Wildman–Crippen LogP) is 3.94. The van der Waals surface area contributed by atoms with Crippen LogP contribution in [0.2, 0.25) is 0 Å². The second-order valence-electron chi connectivity index (χ2n) is 6.55. The van der Waals surface area contributed by atoms with Crippen molar-refractivity contribution in [3.8, 4) is 0 Å². The number of rotatable bonds is 5. The molecule has 1 fully saturated rings. The fourth-order valence-corrected chi connectivity index (χ4v) is 4.61. The van der Waals surface area contributed by atoms with Gasteiger partial charge in [0.2, 0.25) is 5.91 Å². The number of hydrogen-bond acceptors (Lipinski definition) is 5. The Labute approximate surface area is 167 Å². The molecule has 0 spiro atoms. The summed E-state index contributed by atoms with van der Waals surface area (Å²) in [4.78, 5) is 16.8. The Morgan fingerprint density at radius 3 is 2.62 bits per heavy atom. The minimum absolute atomic E-state index is 0.215. The first-order valence-corrected chi connectivity index (χ1v) is 10.7. The second kappa shape index (κ2) is 8.48. The summed E-state index contributed by atoms with van der Waals surface area (Å²) in [5.41, 5.74) is 4.53. The van der Waals surface area contributed by atoms with Gasteiger partial charge >= 0.3 is 0 Å². The van der Waals surface area contributed by atoms with Gasteiger partial charge in [-0.2, -0.15) is 0 Å². The van der Waals surface area contributed by atoms with Crippen molar-refractivity contribution < 1.29 is 9.32 Å². The molecule has 7 heteroatoms. The number of aryl methyl sites for hydroxylation is 2. The van der Waals surface area contributed by atoms with Gasteiger partial charge in [0, 0.05) is 47.7 Å². The number of piperazine rings is 1. The third-order valence-electron chi connectivity index (χ3n) is 4.87. The highest BCUT2D eigenvalue weighted by Gasteiger charge is 2.22. The fraction of sp³-hybridized carbons (Fsp3) is 0.474. The summed E-state index contributed by atoms with van der Waals surface area (Å²) in [5.74, 6) is 2.33. The van der Waals surface area contributed by atoms with E-state index in [0.29, 0.717) is 5.75 Å². The number of carbonyl (C=O) groups excluding carboxylic acids is 1. The number of benzene rings is 1. The van der Waals surface area contributed by atoms with Crippen molar-refractivity contribution in [2.45, 2.75) is 26.5 Å².